The van der Waals surface area contributed by atoms with Gasteiger partial charge in [-0.05, 0) is 81.0 Å². The van der Waals surface area contributed by atoms with Crippen LogP contribution >= 0.6 is 0 Å². The third kappa shape index (κ3) is 1.92. The molecule has 24 heavy (non-hydrogen) atoms. The number of aliphatic hydroxyl groups excluding tert-OH is 1. The molecule has 4 rings (SSSR count). The van der Waals surface area contributed by atoms with E-state index in [9.17, 15) is 10.2 Å². The topological polar surface area (TPSA) is 40.5 Å². The van der Waals surface area contributed by atoms with E-state index in [4.69, 9.17) is 6.42 Å². The summed E-state index contributed by atoms with van der Waals surface area (Å²) in [5.74, 6) is 4.69. The van der Waals surface area contributed by atoms with Gasteiger partial charge in [0.25, 0.3) is 0 Å². The number of hydrogen-bond donors (Lipinski definition) is 2. The summed E-state index contributed by atoms with van der Waals surface area (Å²) in [6, 6.07) is 0. The Morgan fingerprint density at radius 2 is 1.96 bits per heavy atom. The van der Waals surface area contributed by atoms with Crippen LogP contribution in [0.15, 0.2) is 11.6 Å². The Morgan fingerprint density at radius 1 is 1.21 bits per heavy atom. The highest BCUT2D eigenvalue weighted by Crippen LogP contribution is 2.67. The van der Waals surface area contributed by atoms with Crippen LogP contribution in [0.2, 0.25) is 0 Å². The second-order valence-corrected chi connectivity index (χ2v) is 9.25. The van der Waals surface area contributed by atoms with Gasteiger partial charge in [-0.25, -0.2) is 0 Å². The summed E-state index contributed by atoms with van der Waals surface area (Å²) in [6.07, 6.45) is 17.4. The molecule has 0 bridgehead atoms. The van der Waals surface area contributed by atoms with Crippen LogP contribution in [0, 0.1) is 40.9 Å². The molecule has 3 saturated carbocycles. The zero-order valence-corrected chi connectivity index (χ0v) is 15.2. The first-order valence-corrected chi connectivity index (χ1v) is 9.98. The maximum Gasteiger partial charge on any atom is 0.130 e. The molecule has 132 valence electrons. The van der Waals surface area contributed by atoms with Crippen molar-refractivity contribution in [3.8, 4) is 12.3 Å². The lowest BCUT2D eigenvalue weighted by Gasteiger charge is -2.59. The molecule has 7 atom stereocenters. The largest absolute Gasteiger partial charge is 0.393 e. The molecule has 2 heteroatoms. The van der Waals surface area contributed by atoms with Crippen LogP contribution in [-0.2, 0) is 0 Å². The molecule has 2 nitrogen and oxygen atoms in total. The monoisotopic (exact) mass is 328 g/mol. The Labute approximate surface area is 146 Å². The third-order valence-corrected chi connectivity index (χ3v) is 8.82. The number of allylic oxidation sites excluding steroid dienone is 1. The van der Waals surface area contributed by atoms with Gasteiger partial charge >= 0.3 is 0 Å². The molecule has 0 saturated heterocycles. The number of fused-ring (bicyclic) bond motifs is 5. The Bertz CT molecular complexity index is 602. The van der Waals surface area contributed by atoms with Crippen LogP contribution in [0.5, 0.6) is 0 Å². The molecule has 4 aliphatic carbocycles. The van der Waals surface area contributed by atoms with E-state index in [1.54, 1.807) is 5.57 Å². The van der Waals surface area contributed by atoms with Gasteiger partial charge in [-0.2, -0.15) is 0 Å². The van der Waals surface area contributed by atoms with Crippen LogP contribution in [0.25, 0.3) is 0 Å². The zero-order valence-electron chi connectivity index (χ0n) is 15.2. The van der Waals surface area contributed by atoms with Crippen LogP contribution in [0.3, 0.4) is 0 Å². The summed E-state index contributed by atoms with van der Waals surface area (Å²) in [5.41, 5.74) is 0.825. The first-order chi connectivity index (χ1) is 11.4. The molecule has 0 spiro atoms. The van der Waals surface area contributed by atoms with Gasteiger partial charge in [0.2, 0.25) is 0 Å². The number of aliphatic hydroxyl groups is 2. The minimum Gasteiger partial charge on any atom is -0.393 e. The van der Waals surface area contributed by atoms with Gasteiger partial charge in [0, 0.05) is 5.41 Å². The smallest absolute Gasteiger partial charge is 0.130 e. The van der Waals surface area contributed by atoms with Crippen molar-refractivity contribution in [2.75, 3.05) is 0 Å². The van der Waals surface area contributed by atoms with Crippen molar-refractivity contribution in [2.45, 2.75) is 83.3 Å². The number of rotatable bonds is 1. The van der Waals surface area contributed by atoms with Crippen LogP contribution < -0.4 is 0 Å². The van der Waals surface area contributed by atoms with Crippen molar-refractivity contribution >= 4 is 0 Å². The minimum absolute atomic E-state index is 0.114. The normalized spacial score (nSPS) is 53.4. The highest BCUT2D eigenvalue weighted by Gasteiger charge is 2.63. The van der Waals surface area contributed by atoms with Crippen LogP contribution in [0.1, 0.15) is 71.6 Å². The maximum absolute atomic E-state index is 11.0. The minimum atomic E-state index is -0.908. The second kappa shape index (κ2) is 5.36. The molecule has 0 amide bonds. The molecule has 0 aromatic rings. The standard InChI is InChI=1S/C22H32O2/c1-4-21-12-8-16(23)14-15(21)6-7-17-18-10-13-22(24,5-2)20(18,3)11-9-19(17)21/h2,6,16-19,23-24H,4,7-14H2,1,3H3/t16-,17-,18-,19-,20-,21-,22-/m0/s1. The molecule has 0 aromatic heterocycles. The van der Waals surface area contributed by atoms with Crippen LogP contribution in [0.4, 0.5) is 0 Å². The van der Waals surface area contributed by atoms with E-state index < -0.39 is 5.60 Å². The summed E-state index contributed by atoms with van der Waals surface area (Å²) in [5, 5.41) is 21.2. The fraction of sp³-hybridized carbons (Fsp3) is 0.818. The first-order valence-electron chi connectivity index (χ1n) is 9.98. The Balaban J connectivity index is 1.72. The van der Waals surface area contributed by atoms with E-state index in [0.29, 0.717) is 23.2 Å². The molecular weight excluding hydrogens is 296 g/mol. The molecule has 0 aliphatic heterocycles. The van der Waals surface area contributed by atoms with Crippen molar-refractivity contribution in [3.63, 3.8) is 0 Å². The van der Waals surface area contributed by atoms with Gasteiger partial charge in [0.05, 0.1) is 6.10 Å². The summed E-state index contributed by atoms with van der Waals surface area (Å²) >= 11 is 0. The highest BCUT2D eigenvalue weighted by atomic mass is 16.3. The molecule has 3 fully saturated rings. The van der Waals surface area contributed by atoms with Crippen molar-refractivity contribution in [1.29, 1.82) is 0 Å². The zero-order chi connectivity index (χ0) is 17.2. The molecule has 0 heterocycles. The Hall–Kier alpha value is -0.780. The number of hydrogen-bond acceptors (Lipinski definition) is 2. The van der Waals surface area contributed by atoms with Crippen molar-refractivity contribution in [1.82, 2.24) is 0 Å². The van der Waals surface area contributed by atoms with Gasteiger partial charge in [0.1, 0.15) is 5.60 Å². The Morgan fingerprint density at radius 3 is 2.67 bits per heavy atom. The van der Waals surface area contributed by atoms with Gasteiger partial charge in [-0.3, -0.25) is 0 Å². The van der Waals surface area contributed by atoms with E-state index in [1.807, 2.05) is 0 Å². The van der Waals surface area contributed by atoms with E-state index in [2.05, 4.69) is 25.8 Å². The molecule has 4 aliphatic rings. The van der Waals surface area contributed by atoms with Crippen molar-refractivity contribution in [2.24, 2.45) is 28.6 Å². The lowest BCUT2D eigenvalue weighted by atomic mass is 9.46. The lowest BCUT2D eigenvalue weighted by Crippen LogP contribution is -2.54. The molecule has 0 aromatic carbocycles. The van der Waals surface area contributed by atoms with E-state index >= 15 is 0 Å². The molecule has 0 radical (unpaired) electrons. The maximum atomic E-state index is 11.0. The number of terminal acetylenes is 1. The molecule has 0 unspecified atom stereocenters. The summed E-state index contributed by atoms with van der Waals surface area (Å²) in [7, 11) is 0. The second-order valence-electron chi connectivity index (χ2n) is 9.25. The SMILES string of the molecule is C#C[C@]1(O)CC[C@H]2[C@@H]3CC=C4C[C@@H](O)CC[C@]4(CC)[C@H]3CC[C@@]21C. The summed E-state index contributed by atoms with van der Waals surface area (Å²) < 4.78 is 0. The predicted octanol–water partition coefficient (Wildman–Crippen LogP) is 4.06. The highest BCUT2D eigenvalue weighted by molar-refractivity contribution is 5.29. The summed E-state index contributed by atoms with van der Waals surface area (Å²) in [4.78, 5) is 0. The lowest BCUT2D eigenvalue weighted by molar-refractivity contribution is -0.101. The van der Waals surface area contributed by atoms with Crippen molar-refractivity contribution < 1.29 is 10.2 Å². The summed E-state index contributed by atoms with van der Waals surface area (Å²) in [6.45, 7) is 4.59. The van der Waals surface area contributed by atoms with E-state index in [1.165, 1.54) is 12.8 Å². The van der Waals surface area contributed by atoms with Crippen LogP contribution in [-0.4, -0.2) is 21.9 Å². The van der Waals surface area contributed by atoms with E-state index in [0.717, 1.165) is 44.9 Å². The van der Waals surface area contributed by atoms with Gasteiger partial charge in [-0.15, -0.1) is 6.42 Å². The van der Waals surface area contributed by atoms with Gasteiger partial charge in [0.15, 0.2) is 0 Å². The van der Waals surface area contributed by atoms with Crippen molar-refractivity contribution in [3.05, 3.63) is 11.6 Å². The van der Waals surface area contributed by atoms with Gasteiger partial charge in [-0.1, -0.05) is 31.4 Å². The fourth-order valence-corrected chi connectivity index (χ4v) is 7.35. The third-order valence-electron chi connectivity index (χ3n) is 8.82. The molecule has 2 N–H and O–H groups in total. The average molecular weight is 328 g/mol. The predicted molar refractivity (Wildman–Crippen MR) is 96.1 cm³/mol. The first kappa shape index (κ1) is 16.7. The fourth-order valence-electron chi connectivity index (χ4n) is 7.35. The van der Waals surface area contributed by atoms with E-state index in [-0.39, 0.29) is 11.5 Å². The quantitative estimate of drug-likeness (QED) is 0.563. The van der Waals surface area contributed by atoms with Gasteiger partial charge < -0.3 is 10.2 Å². The average Bonchev–Trinajstić information content (AvgIpc) is 2.86. The molecular formula is C22H32O2. The Kier molecular flexibility index (Phi) is 3.72.